The summed E-state index contributed by atoms with van der Waals surface area (Å²) in [5.41, 5.74) is 0.274. The number of benzene rings is 1. The van der Waals surface area contributed by atoms with Gasteiger partial charge >= 0.3 is 5.97 Å². The van der Waals surface area contributed by atoms with Crippen molar-refractivity contribution in [3.8, 4) is 0 Å². The molecular weight excluding hydrogens is 270 g/mol. The van der Waals surface area contributed by atoms with Gasteiger partial charge in [-0.15, -0.1) is 0 Å². The molecule has 21 heavy (non-hydrogen) atoms. The fourth-order valence-electron chi connectivity index (χ4n) is 2.41. The van der Waals surface area contributed by atoms with Crippen LogP contribution >= 0.6 is 0 Å². The topological polar surface area (TPSA) is 75.6 Å². The van der Waals surface area contributed by atoms with Crippen molar-refractivity contribution in [2.45, 2.75) is 37.6 Å². The van der Waals surface area contributed by atoms with E-state index in [1.165, 1.54) is 38.9 Å². The lowest BCUT2D eigenvalue weighted by molar-refractivity contribution is -0.145. The molecule has 114 valence electrons. The molecule has 1 aromatic carbocycles. The van der Waals surface area contributed by atoms with Crippen LogP contribution in [0.25, 0.3) is 0 Å². The van der Waals surface area contributed by atoms with Gasteiger partial charge in [-0.25, -0.2) is 4.79 Å². The van der Waals surface area contributed by atoms with E-state index in [0.717, 1.165) is 0 Å². The monoisotopic (exact) mass is 291 g/mol. The summed E-state index contributed by atoms with van der Waals surface area (Å²) in [6.07, 6.45) is 3.67. The molecule has 5 heteroatoms. The van der Waals surface area contributed by atoms with Crippen molar-refractivity contribution in [1.82, 2.24) is 5.32 Å². The van der Waals surface area contributed by atoms with Crippen LogP contribution in [-0.4, -0.2) is 36.2 Å². The van der Waals surface area contributed by atoms with E-state index in [-0.39, 0.29) is 6.61 Å². The molecule has 1 amide bonds. The predicted octanol–water partition coefficient (Wildman–Crippen LogP) is 2.17. The molecule has 0 saturated heterocycles. The minimum atomic E-state index is -1.43. The third-order valence-electron chi connectivity index (χ3n) is 4.04. The Hall–Kier alpha value is -1.88. The number of methoxy groups -OCH3 is 1. The zero-order chi connectivity index (χ0) is 15.5. The maximum Gasteiger partial charge on any atom is 0.331 e. The fourth-order valence-corrected chi connectivity index (χ4v) is 2.41. The van der Waals surface area contributed by atoms with Crippen LogP contribution in [0.3, 0.4) is 0 Å². The molecule has 0 aromatic heterocycles. The van der Waals surface area contributed by atoms with E-state index in [1.54, 1.807) is 12.1 Å². The second-order valence-corrected chi connectivity index (χ2v) is 5.77. The van der Waals surface area contributed by atoms with Crippen LogP contribution in [0.5, 0.6) is 0 Å². The standard InChI is InChI=1S/C16H21NO4/c1-16(10-21-2,15(19)20)17-14(18)13-8-6-12(7-9-13)11-4-3-5-11/h6-9,11H,3-5,10H2,1-2H3,(H,17,18)(H,19,20). The van der Waals surface area contributed by atoms with Crippen molar-refractivity contribution >= 4 is 11.9 Å². The molecule has 0 radical (unpaired) electrons. The molecule has 1 unspecified atom stereocenters. The van der Waals surface area contributed by atoms with Crippen LogP contribution < -0.4 is 5.32 Å². The molecule has 1 atom stereocenters. The highest BCUT2D eigenvalue weighted by molar-refractivity contribution is 5.97. The number of aliphatic carboxylic acids is 1. The number of carboxylic acids is 1. The summed E-state index contributed by atoms with van der Waals surface area (Å²) < 4.78 is 4.88. The molecule has 2 N–H and O–H groups in total. The Morgan fingerprint density at radius 3 is 2.38 bits per heavy atom. The van der Waals surface area contributed by atoms with E-state index in [0.29, 0.717) is 11.5 Å². The first kappa shape index (κ1) is 15.5. The summed E-state index contributed by atoms with van der Waals surface area (Å²) in [5.74, 6) is -0.916. The average Bonchev–Trinajstić information content (AvgIpc) is 2.37. The second kappa shape index (κ2) is 6.26. The number of hydrogen-bond donors (Lipinski definition) is 2. The van der Waals surface area contributed by atoms with Gasteiger partial charge in [0.1, 0.15) is 0 Å². The fraction of sp³-hybridized carbons (Fsp3) is 0.500. The largest absolute Gasteiger partial charge is 0.479 e. The second-order valence-electron chi connectivity index (χ2n) is 5.77. The summed E-state index contributed by atoms with van der Waals surface area (Å²) in [4.78, 5) is 23.4. The van der Waals surface area contributed by atoms with E-state index < -0.39 is 17.4 Å². The Labute approximate surface area is 124 Å². The molecule has 1 saturated carbocycles. The van der Waals surface area contributed by atoms with Crippen molar-refractivity contribution in [3.63, 3.8) is 0 Å². The van der Waals surface area contributed by atoms with Gasteiger partial charge in [-0.3, -0.25) is 4.79 Å². The van der Waals surface area contributed by atoms with Crippen molar-refractivity contribution < 1.29 is 19.4 Å². The molecule has 1 fully saturated rings. The van der Waals surface area contributed by atoms with Crippen molar-refractivity contribution in [1.29, 1.82) is 0 Å². The zero-order valence-corrected chi connectivity index (χ0v) is 12.4. The number of rotatable bonds is 6. The molecule has 0 spiro atoms. The highest BCUT2D eigenvalue weighted by Gasteiger charge is 2.35. The smallest absolute Gasteiger partial charge is 0.331 e. The van der Waals surface area contributed by atoms with Gasteiger partial charge in [0.05, 0.1) is 6.61 Å². The minimum absolute atomic E-state index is 0.0891. The van der Waals surface area contributed by atoms with Crippen LogP contribution in [0.1, 0.15) is 48.0 Å². The third-order valence-corrected chi connectivity index (χ3v) is 4.04. The molecule has 5 nitrogen and oxygen atoms in total. The van der Waals surface area contributed by atoms with Crippen LogP contribution in [0.15, 0.2) is 24.3 Å². The average molecular weight is 291 g/mol. The summed E-state index contributed by atoms with van der Waals surface area (Å²) >= 11 is 0. The van der Waals surface area contributed by atoms with Crippen LogP contribution in [0.4, 0.5) is 0 Å². The molecule has 2 rings (SSSR count). The normalized spacial score (nSPS) is 17.6. The summed E-state index contributed by atoms with van der Waals surface area (Å²) in [7, 11) is 1.40. The minimum Gasteiger partial charge on any atom is -0.479 e. The number of nitrogens with one attached hydrogen (secondary N) is 1. The van der Waals surface area contributed by atoms with E-state index >= 15 is 0 Å². The van der Waals surface area contributed by atoms with Gasteiger partial charge in [0, 0.05) is 12.7 Å². The Kier molecular flexibility index (Phi) is 4.63. The summed E-state index contributed by atoms with van der Waals surface area (Å²) in [6.45, 7) is 1.34. The Balaban J connectivity index is 2.06. The third kappa shape index (κ3) is 3.42. The van der Waals surface area contributed by atoms with E-state index in [4.69, 9.17) is 4.74 Å². The summed E-state index contributed by atoms with van der Waals surface area (Å²) in [5, 5.41) is 11.7. The van der Waals surface area contributed by atoms with E-state index in [2.05, 4.69) is 5.32 Å². The van der Waals surface area contributed by atoms with Gasteiger partial charge in [0.25, 0.3) is 5.91 Å². The molecule has 0 bridgehead atoms. The first-order valence-electron chi connectivity index (χ1n) is 7.11. The highest BCUT2D eigenvalue weighted by atomic mass is 16.5. The maximum atomic E-state index is 12.2. The molecular formula is C16H21NO4. The number of hydrogen-bond acceptors (Lipinski definition) is 3. The number of amides is 1. The van der Waals surface area contributed by atoms with Crippen molar-refractivity contribution in [3.05, 3.63) is 35.4 Å². The SMILES string of the molecule is COCC(C)(NC(=O)c1ccc(C2CCC2)cc1)C(=O)O. The predicted molar refractivity (Wildman–Crippen MR) is 78.4 cm³/mol. The van der Waals surface area contributed by atoms with Gasteiger partial charge < -0.3 is 15.2 Å². The van der Waals surface area contributed by atoms with Crippen molar-refractivity contribution in [2.75, 3.05) is 13.7 Å². The highest BCUT2D eigenvalue weighted by Crippen LogP contribution is 2.36. The molecule has 1 aliphatic carbocycles. The molecule has 1 aromatic rings. The number of carboxylic acid groups (broad SMARTS) is 1. The Bertz CT molecular complexity index is 522. The molecule has 1 aliphatic rings. The van der Waals surface area contributed by atoms with Gasteiger partial charge in [0.2, 0.25) is 0 Å². The van der Waals surface area contributed by atoms with Crippen LogP contribution in [-0.2, 0) is 9.53 Å². The number of ether oxygens (including phenoxy) is 1. The Morgan fingerprint density at radius 1 is 1.33 bits per heavy atom. The first-order valence-corrected chi connectivity index (χ1v) is 7.11. The van der Waals surface area contributed by atoms with Crippen LogP contribution in [0.2, 0.25) is 0 Å². The molecule has 0 aliphatic heterocycles. The lowest BCUT2D eigenvalue weighted by Gasteiger charge is -2.26. The van der Waals surface area contributed by atoms with Crippen molar-refractivity contribution in [2.24, 2.45) is 0 Å². The van der Waals surface area contributed by atoms with Gasteiger partial charge in [-0.1, -0.05) is 18.6 Å². The van der Waals surface area contributed by atoms with Gasteiger partial charge in [-0.05, 0) is 43.4 Å². The van der Waals surface area contributed by atoms with Gasteiger partial charge in [-0.2, -0.15) is 0 Å². The maximum absolute atomic E-state index is 12.2. The van der Waals surface area contributed by atoms with Gasteiger partial charge in [0.15, 0.2) is 5.54 Å². The zero-order valence-electron chi connectivity index (χ0n) is 12.4. The first-order chi connectivity index (χ1) is 9.96. The number of carbonyl (C=O) groups is 2. The van der Waals surface area contributed by atoms with Crippen LogP contribution in [0, 0.1) is 0 Å². The lowest BCUT2D eigenvalue weighted by atomic mass is 9.80. The Morgan fingerprint density at radius 2 is 1.95 bits per heavy atom. The quantitative estimate of drug-likeness (QED) is 0.842. The molecule has 0 heterocycles. The lowest BCUT2D eigenvalue weighted by Crippen LogP contribution is -2.55. The summed E-state index contributed by atoms with van der Waals surface area (Å²) in [6, 6.07) is 7.40. The van der Waals surface area contributed by atoms with E-state index in [1.807, 2.05) is 12.1 Å². The number of carbonyl (C=O) groups excluding carboxylic acids is 1. The van der Waals surface area contributed by atoms with E-state index in [9.17, 15) is 14.7 Å².